The highest BCUT2D eigenvalue weighted by molar-refractivity contribution is 5.82. The van der Waals surface area contributed by atoms with Crippen molar-refractivity contribution in [2.45, 2.75) is 18.6 Å². The molecule has 1 amide bonds. The molecule has 29 heavy (non-hydrogen) atoms. The van der Waals surface area contributed by atoms with Gasteiger partial charge in [0.15, 0.2) is 6.10 Å². The lowest BCUT2D eigenvalue weighted by Crippen LogP contribution is -2.34. The Morgan fingerprint density at radius 1 is 1.00 bits per heavy atom. The number of nitrogens with one attached hydrogen (secondary N) is 2. The van der Waals surface area contributed by atoms with Crippen LogP contribution in [0.1, 0.15) is 29.1 Å². The summed E-state index contributed by atoms with van der Waals surface area (Å²) in [6.07, 6.45) is -0.902. The van der Waals surface area contributed by atoms with Gasteiger partial charge >= 0.3 is 0 Å². The third-order valence-electron chi connectivity index (χ3n) is 4.77. The molecule has 0 radical (unpaired) electrons. The number of hydrogen-bond acceptors (Lipinski definition) is 3. The fourth-order valence-corrected chi connectivity index (χ4v) is 3.25. The standard InChI is InChI=1S/C23H20FN3O2/c24-17-12-10-16(11-13-17)21(28)23(29)27-20(14-15-6-2-1-3-7-15)22-25-18-8-4-5-9-19(18)26-22/h1-13,20-21,28H,14H2,(H,25,26)(H,27,29). The van der Waals surface area contributed by atoms with E-state index in [9.17, 15) is 14.3 Å². The van der Waals surface area contributed by atoms with Gasteiger partial charge in [-0.15, -0.1) is 0 Å². The number of carbonyl (C=O) groups is 1. The number of halogens is 1. The molecule has 0 saturated heterocycles. The summed E-state index contributed by atoms with van der Waals surface area (Å²) in [5.74, 6) is -0.390. The van der Waals surface area contributed by atoms with Crippen molar-refractivity contribution in [3.8, 4) is 0 Å². The van der Waals surface area contributed by atoms with Crippen molar-refractivity contribution in [2.75, 3.05) is 0 Å². The molecule has 1 heterocycles. The number of amides is 1. The van der Waals surface area contributed by atoms with E-state index < -0.39 is 23.9 Å². The zero-order valence-corrected chi connectivity index (χ0v) is 15.5. The third-order valence-corrected chi connectivity index (χ3v) is 4.77. The van der Waals surface area contributed by atoms with E-state index in [0.29, 0.717) is 17.8 Å². The lowest BCUT2D eigenvalue weighted by molar-refractivity contribution is -0.130. The van der Waals surface area contributed by atoms with Crippen molar-refractivity contribution >= 4 is 16.9 Å². The molecule has 0 fully saturated rings. The number of hydrogen-bond donors (Lipinski definition) is 3. The van der Waals surface area contributed by atoms with Crippen molar-refractivity contribution in [3.05, 3.63) is 102 Å². The van der Waals surface area contributed by atoms with Gasteiger partial charge in [-0.2, -0.15) is 0 Å². The number of H-pyrrole nitrogens is 1. The molecule has 0 aliphatic rings. The van der Waals surface area contributed by atoms with E-state index in [2.05, 4.69) is 15.3 Å². The van der Waals surface area contributed by atoms with E-state index in [1.54, 1.807) is 0 Å². The van der Waals surface area contributed by atoms with Gasteiger partial charge in [-0.3, -0.25) is 4.79 Å². The summed E-state index contributed by atoms with van der Waals surface area (Å²) in [5.41, 5.74) is 3.02. The molecule has 0 aliphatic heterocycles. The van der Waals surface area contributed by atoms with E-state index in [4.69, 9.17) is 0 Å². The highest BCUT2D eigenvalue weighted by Gasteiger charge is 2.24. The van der Waals surface area contributed by atoms with Crippen molar-refractivity contribution in [3.63, 3.8) is 0 Å². The van der Waals surface area contributed by atoms with Crippen LogP contribution in [-0.2, 0) is 11.2 Å². The van der Waals surface area contributed by atoms with Crippen molar-refractivity contribution in [1.82, 2.24) is 15.3 Å². The molecule has 3 N–H and O–H groups in total. The second-order valence-corrected chi connectivity index (χ2v) is 6.84. The first-order valence-electron chi connectivity index (χ1n) is 9.32. The first-order chi connectivity index (χ1) is 14.1. The SMILES string of the molecule is O=C(NC(Cc1ccccc1)c1nc2ccccc2[nH]1)C(O)c1ccc(F)cc1. The number of carbonyl (C=O) groups excluding carboxylic acids is 1. The average molecular weight is 389 g/mol. The number of imidazole rings is 1. The molecule has 0 saturated carbocycles. The summed E-state index contributed by atoms with van der Waals surface area (Å²) in [5, 5.41) is 13.3. The van der Waals surface area contributed by atoms with E-state index in [1.807, 2.05) is 54.6 Å². The van der Waals surface area contributed by atoms with Gasteiger partial charge in [0.25, 0.3) is 5.91 Å². The Labute approximate surface area is 167 Å². The summed E-state index contributed by atoms with van der Waals surface area (Å²) in [6, 6.07) is 22.1. The molecular weight excluding hydrogens is 369 g/mol. The van der Waals surface area contributed by atoms with Crippen LogP contribution in [0.5, 0.6) is 0 Å². The number of benzene rings is 3. The number of aliphatic hydroxyl groups is 1. The van der Waals surface area contributed by atoms with Crippen LogP contribution in [-0.4, -0.2) is 21.0 Å². The van der Waals surface area contributed by atoms with Crippen LogP contribution < -0.4 is 5.32 Å². The largest absolute Gasteiger partial charge is 0.378 e. The number of nitrogens with zero attached hydrogens (tertiary/aromatic N) is 1. The quantitative estimate of drug-likeness (QED) is 0.469. The Morgan fingerprint density at radius 3 is 2.41 bits per heavy atom. The monoisotopic (exact) mass is 389 g/mol. The average Bonchev–Trinajstić information content (AvgIpc) is 3.18. The van der Waals surface area contributed by atoms with Gasteiger partial charge in [-0.25, -0.2) is 9.37 Å². The Balaban J connectivity index is 1.60. The predicted octanol–water partition coefficient (Wildman–Crippen LogP) is 3.84. The van der Waals surface area contributed by atoms with Gasteiger partial charge in [0.05, 0.1) is 17.1 Å². The molecule has 6 heteroatoms. The van der Waals surface area contributed by atoms with Crippen LogP contribution in [0.2, 0.25) is 0 Å². The molecule has 0 aliphatic carbocycles. The number of aliphatic hydroxyl groups excluding tert-OH is 1. The molecule has 4 aromatic rings. The second kappa shape index (κ2) is 8.24. The molecule has 146 valence electrons. The zero-order chi connectivity index (χ0) is 20.2. The molecule has 0 spiro atoms. The maximum atomic E-state index is 13.1. The molecule has 2 atom stereocenters. The van der Waals surface area contributed by atoms with Crippen molar-refractivity contribution in [1.29, 1.82) is 0 Å². The van der Waals surface area contributed by atoms with Crippen LogP contribution in [0.25, 0.3) is 11.0 Å². The number of aromatic amines is 1. The molecule has 0 bridgehead atoms. The van der Waals surface area contributed by atoms with E-state index >= 15 is 0 Å². The number of aromatic nitrogens is 2. The fraction of sp³-hybridized carbons (Fsp3) is 0.130. The van der Waals surface area contributed by atoms with Crippen LogP contribution in [0.4, 0.5) is 4.39 Å². The molecule has 2 unspecified atom stereocenters. The van der Waals surface area contributed by atoms with Gasteiger partial charge in [0, 0.05) is 0 Å². The second-order valence-electron chi connectivity index (χ2n) is 6.84. The number of rotatable bonds is 6. The number of para-hydroxylation sites is 2. The summed E-state index contributed by atoms with van der Waals surface area (Å²) in [7, 11) is 0. The topological polar surface area (TPSA) is 78.0 Å². The van der Waals surface area contributed by atoms with Crippen LogP contribution in [0, 0.1) is 5.82 Å². The van der Waals surface area contributed by atoms with Crippen LogP contribution >= 0.6 is 0 Å². The molecule has 4 rings (SSSR count). The minimum Gasteiger partial charge on any atom is -0.378 e. The smallest absolute Gasteiger partial charge is 0.254 e. The Bertz CT molecular complexity index is 1080. The normalized spacial score (nSPS) is 13.2. The van der Waals surface area contributed by atoms with E-state index in [0.717, 1.165) is 16.6 Å². The first-order valence-corrected chi connectivity index (χ1v) is 9.32. The molecule has 1 aromatic heterocycles. The Hall–Kier alpha value is -3.51. The lowest BCUT2D eigenvalue weighted by Gasteiger charge is -2.19. The summed E-state index contributed by atoms with van der Waals surface area (Å²) >= 11 is 0. The van der Waals surface area contributed by atoms with Gasteiger partial charge in [-0.05, 0) is 41.8 Å². The van der Waals surface area contributed by atoms with Gasteiger partial charge in [0.1, 0.15) is 11.6 Å². The third kappa shape index (κ3) is 4.33. The minimum absolute atomic E-state index is 0.326. The zero-order valence-electron chi connectivity index (χ0n) is 15.5. The number of fused-ring (bicyclic) bond motifs is 1. The predicted molar refractivity (Wildman–Crippen MR) is 108 cm³/mol. The minimum atomic E-state index is -1.40. The van der Waals surface area contributed by atoms with Gasteiger partial charge < -0.3 is 15.4 Å². The Kier molecular flexibility index (Phi) is 5.35. The molecular formula is C23H20FN3O2. The lowest BCUT2D eigenvalue weighted by atomic mass is 10.0. The van der Waals surface area contributed by atoms with Crippen molar-refractivity contribution < 1.29 is 14.3 Å². The van der Waals surface area contributed by atoms with Gasteiger partial charge in [0.2, 0.25) is 0 Å². The Morgan fingerprint density at radius 2 is 1.69 bits per heavy atom. The first kappa shape index (κ1) is 18.8. The van der Waals surface area contributed by atoms with Crippen LogP contribution in [0.3, 0.4) is 0 Å². The van der Waals surface area contributed by atoms with Gasteiger partial charge in [-0.1, -0.05) is 54.6 Å². The van der Waals surface area contributed by atoms with Crippen molar-refractivity contribution in [2.24, 2.45) is 0 Å². The van der Waals surface area contributed by atoms with Crippen LogP contribution in [0.15, 0.2) is 78.9 Å². The highest BCUT2D eigenvalue weighted by Crippen LogP contribution is 2.22. The maximum absolute atomic E-state index is 13.1. The molecule has 5 nitrogen and oxygen atoms in total. The summed E-state index contributed by atoms with van der Waals surface area (Å²) < 4.78 is 13.1. The fourth-order valence-electron chi connectivity index (χ4n) is 3.25. The highest BCUT2D eigenvalue weighted by atomic mass is 19.1. The van der Waals surface area contributed by atoms with E-state index in [-0.39, 0.29) is 0 Å². The summed E-state index contributed by atoms with van der Waals surface area (Å²) in [6.45, 7) is 0. The molecule has 3 aromatic carbocycles. The van der Waals surface area contributed by atoms with E-state index in [1.165, 1.54) is 24.3 Å². The summed E-state index contributed by atoms with van der Waals surface area (Å²) in [4.78, 5) is 20.6. The maximum Gasteiger partial charge on any atom is 0.254 e.